The highest BCUT2D eigenvalue weighted by atomic mass is 32.1. The summed E-state index contributed by atoms with van der Waals surface area (Å²) in [7, 11) is 0. The van der Waals surface area contributed by atoms with E-state index in [1.165, 1.54) is 37.9 Å². The van der Waals surface area contributed by atoms with Crippen LogP contribution in [-0.2, 0) is 6.54 Å². The van der Waals surface area contributed by atoms with Crippen molar-refractivity contribution in [2.45, 2.75) is 13.5 Å². The summed E-state index contributed by atoms with van der Waals surface area (Å²) in [6, 6.07) is 60.8. The van der Waals surface area contributed by atoms with Gasteiger partial charge in [0.2, 0.25) is 0 Å². The highest BCUT2D eigenvalue weighted by Crippen LogP contribution is 2.47. The first-order valence-corrected chi connectivity index (χ1v) is 20.4. The lowest BCUT2D eigenvalue weighted by molar-refractivity contribution is 0.601. The molecule has 278 valence electrons. The molecule has 9 aromatic carbocycles. The van der Waals surface area contributed by atoms with Crippen LogP contribution < -0.4 is 9.80 Å². The number of hydrogen-bond acceptors (Lipinski definition) is 5. The van der Waals surface area contributed by atoms with Gasteiger partial charge in [-0.15, -0.1) is 0 Å². The zero-order valence-electron chi connectivity index (χ0n) is 31.9. The standard InChI is InChI=1S/C53H38N2O2S/c1-34-40-18-10-21-47(52(40)56-48(34)23-12-32-58)55(39-15-6-3-7-16-39)45-31-28-36-26-29-41-37(25-24-35-27-30-44(45)51(36)50(35)41)33-54(38-13-4-2-5-14-38)46-20-11-19-43-42-17-8-9-22-49(42)57-53(43)46/h2-31,58H,32-33H2,1H3/b23-12-. The van der Waals surface area contributed by atoms with Crippen LogP contribution in [0, 0.1) is 6.92 Å². The van der Waals surface area contributed by atoms with Crippen LogP contribution in [0.15, 0.2) is 185 Å². The summed E-state index contributed by atoms with van der Waals surface area (Å²) in [6.45, 7) is 2.78. The lowest BCUT2D eigenvalue weighted by atomic mass is 9.90. The Morgan fingerprint density at radius 2 is 1.12 bits per heavy atom. The smallest absolute Gasteiger partial charge is 0.159 e. The van der Waals surface area contributed by atoms with E-state index >= 15 is 0 Å². The van der Waals surface area contributed by atoms with Crippen LogP contribution in [0.2, 0.25) is 0 Å². The van der Waals surface area contributed by atoms with E-state index in [2.05, 4.69) is 193 Å². The molecule has 0 aliphatic heterocycles. The second-order valence-corrected chi connectivity index (χ2v) is 15.3. The van der Waals surface area contributed by atoms with Crippen LogP contribution in [-0.4, -0.2) is 5.75 Å². The Bertz CT molecular complexity index is 3330. The van der Waals surface area contributed by atoms with Gasteiger partial charge in [-0.3, -0.25) is 0 Å². The summed E-state index contributed by atoms with van der Waals surface area (Å²) >= 11 is 4.41. The summed E-state index contributed by atoms with van der Waals surface area (Å²) < 4.78 is 13.3. The molecule has 5 heteroatoms. The van der Waals surface area contributed by atoms with Crippen molar-refractivity contribution in [3.63, 3.8) is 0 Å². The fourth-order valence-electron chi connectivity index (χ4n) is 8.94. The number of rotatable bonds is 9. The maximum atomic E-state index is 6.68. The molecule has 11 aromatic rings. The lowest BCUT2D eigenvalue weighted by Gasteiger charge is -2.28. The molecule has 0 aliphatic rings. The molecule has 58 heavy (non-hydrogen) atoms. The fourth-order valence-corrected chi connectivity index (χ4v) is 9.05. The van der Waals surface area contributed by atoms with Crippen LogP contribution in [0.25, 0.3) is 71.3 Å². The highest BCUT2D eigenvalue weighted by Gasteiger charge is 2.24. The van der Waals surface area contributed by atoms with Crippen molar-refractivity contribution in [2.75, 3.05) is 15.6 Å². The summed E-state index contributed by atoms with van der Waals surface area (Å²) in [5.74, 6) is 1.50. The molecule has 0 unspecified atom stereocenters. The third kappa shape index (κ3) is 5.46. The normalized spacial score (nSPS) is 12.0. The van der Waals surface area contributed by atoms with Gasteiger partial charge in [0.05, 0.1) is 17.1 Å². The van der Waals surface area contributed by atoms with Crippen LogP contribution >= 0.6 is 12.6 Å². The number of para-hydroxylation sites is 5. The molecule has 0 bridgehead atoms. The Morgan fingerprint density at radius 1 is 0.500 bits per heavy atom. The molecule has 0 spiro atoms. The van der Waals surface area contributed by atoms with Gasteiger partial charge in [-0.2, -0.15) is 12.6 Å². The van der Waals surface area contributed by atoms with E-state index in [1.54, 1.807) is 0 Å². The molecule has 0 aliphatic carbocycles. The second kappa shape index (κ2) is 13.9. The van der Waals surface area contributed by atoms with Gasteiger partial charge in [-0.1, -0.05) is 127 Å². The maximum absolute atomic E-state index is 6.68. The zero-order valence-corrected chi connectivity index (χ0v) is 32.8. The van der Waals surface area contributed by atoms with Gasteiger partial charge in [-0.25, -0.2) is 0 Å². The van der Waals surface area contributed by atoms with Gasteiger partial charge in [0.15, 0.2) is 11.2 Å². The first-order chi connectivity index (χ1) is 28.7. The van der Waals surface area contributed by atoms with E-state index in [0.29, 0.717) is 12.3 Å². The van der Waals surface area contributed by atoms with Gasteiger partial charge in [-0.05, 0) is 94.0 Å². The molecule has 11 rings (SSSR count). The van der Waals surface area contributed by atoms with E-state index in [1.807, 2.05) is 18.2 Å². The molecule has 0 fully saturated rings. The largest absolute Gasteiger partial charge is 0.454 e. The van der Waals surface area contributed by atoms with Gasteiger partial charge >= 0.3 is 0 Å². The number of hydrogen-bond donors (Lipinski definition) is 1. The Labute approximate surface area is 341 Å². The van der Waals surface area contributed by atoms with E-state index in [9.17, 15) is 0 Å². The average molecular weight is 767 g/mol. The number of furan rings is 2. The Morgan fingerprint density at radius 3 is 1.91 bits per heavy atom. The third-order valence-electron chi connectivity index (χ3n) is 11.7. The van der Waals surface area contributed by atoms with Crippen LogP contribution in [0.4, 0.5) is 28.4 Å². The molecule has 0 N–H and O–H groups in total. The van der Waals surface area contributed by atoms with Crippen molar-refractivity contribution in [1.29, 1.82) is 0 Å². The van der Waals surface area contributed by atoms with Crippen molar-refractivity contribution in [3.8, 4) is 0 Å². The predicted molar refractivity (Wildman–Crippen MR) is 248 cm³/mol. The Balaban J connectivity index is 1.11. The molecular formula is C53H38N2O2S. The molecular weight excluding hydrogens is 729 g/mol. The van der Waals surface area contributed by atoms with Crippen molar-refractivity contribution < 1.29 is 8.83 Å². The lowest BCUT2D eigenvalue weighted by Crippen LogP contribution is -2.17. The molecule has 4 nitrogen and oxygen atoms in total. The SMILES string of the molecule is Cc1c(/C=C\CS)oc2c(N(c3ccccc3)c3ccc4ccc5c(CN(c6ccccc6)c6cccc7c6oc6ccccc67)ccc6ccc3c4c65)cccc12. The first-order valence-electron chi connectivity index (χ1n) is 19.7. The van der Waals surface area contributed by atoms with Crippen molar-refractivity contribution in [3.05, 3.63) is 193 Å². The number of aryl methyl sites for hydroxylation is 1. The molecule has 0 radical (unpaired) electrons. The van der Waals surface area contributed by atoms with Crippen molar-refractivity contribution >= 4 is 112 Å². The van der Waals surface area contributed by atoms with Crippen LogP contribution in [0.1, 0.15) is 16.9 Å². The number of fused-ring (bicyclic) bond motifs is 4. The molecule has 0 saturated carbocycles. The number of nitrogens with zero attached hydrogens (tertiary/aromatic N) is 2. The molecule has 0 saturated heterocycles. The van der Waals surface area contributed by atoms with Crippen LogP contribution in [0.3, 0.4) is 0 Å². The summed E-state index contributed by atoms with van der Waals surface area (Å²) in [4.78, 5) is 4.75. The van der Waals surface area contributed by atoms with Gasteiger partial charge in [0.25, 0.3) is 0 Å². The Kier molecular flexibility index (Phi) is 8.23. The molecule has 0 amide bonds. The fraction of sp³-hybridized carbons (Fsp3) is 0.0566. The average Bonchev–Trinajstić information content (AvgIpc) is 3.83. The Hall–Kier alpha value is -6.95. The van der Waals surface area contributed by atoms with Crippen LogP contribution in [0.5, 0.6) is 0 Å². The molecule has 0 atom stereocenters. The first kappa shape index (κ1) is 34.3. The summed E-state index contributed by atoms with van der Waals surface area (Å²) in [5, 5.41) is 10.7. The van der Waals surface area contributed by atoms with Crippen molar-refractivity contribution in [2.24, 2.45) is 0 Å². The topological polar surface area (TPSA) is 32.8 Å². The maximum Gasteiger partial charge on any atom is 0.159 e. The number of anilines is 5. The van der Waals surface area contributed by atoms with Crippen molar-refractivity contribution in [1.82, 2.24) is 0 Å². The predicted octanol–water partition coefficient (Wildman–Crippen LogP) is 15.3. The molecule has 2 aromatic heterocycles. The van der Waals surface area contributed by atoms with Gasteiger partial charge < -0.3 is 18.6 Å². The van der Waals surface area contributed by atoms with Gasteiger partial charge in [0, 0.05) is 50.8 Å². The second-order valence-electron chi connectivity index (χ2n) is 14.9. The quantitative estimate of drug-likeness (QED) is 0.117. The van der Waals surface area contributed by atoms with E-state index in [0.717, 1.165) is 72.7 Å². The minimum absolute atomic E-state index is 0.644. The number of thiol groups is 1. The zero-order chi connectivity index (χ0) is 38.7. The van der Waals surface area contributed by atoms with E-state index in [-0.39, 0.29) is 0 Å². The number of benzene rings is 9. The monoisotopic (exact) mass is 766 g/mol. The third-order valence-corrected chi connectivity index (χ3v) is 11.9. The minimum Gasteiger partial charge on any atom is -0.454 e. The van der Waals surface area contributed by atoms with E-state index in [4.69, 9.17) is 8.83 Å². The summed E-state index contributed by atoms with van der Waals surface area (Å²) in [6.07, 6.45) is 4.05. The minimum atomic E-state index is 0.644. The van der Waals surface area contributed by atoms with E-state index < -0.39 is 0 Å². The summed E-state index contributed by atoms with van der Waals surface area (Å²) in [5.41, 5.74) is 10.3. The van der Waals surface area contributed by atoms with Gasteiger partial charge in [0.1, 0.15) is 11.3 Å². The highest BCUT2D eigenvalue weighted by molar-refractivity contribution is 7.80. The molecule has 2 heterocycles.